The molecule has 20 heavy (non-hydrogen) atoms. The van der Waals surface area contributed by atoms with E-state index in [1.807, 2.05) is 0 Å². The lowest BCUT2D eigenvalue weighted by atomic mass is 10.3. The molecule has 0 heterocycles. The van der Waals surface area contributed by atoms with Crippen LogP contribution in [0, 0.1) is 0 Å². The molecule has 0 aromatic heterocycles. The van der Waals surface area contributed by atoms with E-state index in [4.69, 9.17) is 4.74 Å². The second-order valence-electron chi connectivity index (χ2n) is 4.19. The van der Waals surface area contributed by atoms with Crippen molar-refractivity contribution < 1.29 is 17.9 Å². The average molecular weight is 298 g/mol. The van der Waals surface area contributed by atoms with Gasteiger partial charge in [-0.1, -0.05) is 6.08 Å². The summed E-state index contributed by atoms with van der Waals surface area (Å²) in [6.07, 6.45) is 1.46. The van der Waals surface area contributed by atoms with Gasteiger partial charge in [-0.3, -0.25) is 4.79 Å². The monoisotopic (exact) mass is 298 g/mol. The molecule has 0 bridgehead atoms. The zero-order valence-corrected chi connectivity index (χ0v) is 12.3. The van der Waals surface area contributed by atoms with Gasteiger partial charge in [0.05, 0.1) is 4.90 Å². The van der Waals surface area contributed by atoms with Crippen LogP contribution in [-0.4, -0.2) is 46.5 Å². The summed E-state index contributed by atoms with van der Waals surface area (Å²) in [7, 11) is -0.273. The summed E-state index contributed by atoms with van der Waals surface area (Å²) < 4.78 is 31.2. The van der Waals surface area contributed by atoms with Crippen molar-refractivity contribution in [2.45, 2.75) is 4.90 Å². The van der Waals surface area contributed by atoms with Gasteiger partial charge in [0.1, 0.15) is 5.75 Å². The minimum absolute atomic E-state index is 0.0895. The summed E-state index contributed by atoms with van der Waals surface area (Å²) in [5.41, 5.74) is 0. The third-order valence-corrected chi connectivity index (χ3v) is 3.85. The van der Waals surface area contributed by atoms with Crippen molar-refractivity contribution in [3.63, 3.8) is 0 Å². The van der Waals surface area contributed by atoms with Crippen molar-refractivity contribution in [3.05, 3.63) is 36.9 Å². The van der Waals surface area contributed by atoms with E-state index in [1.54, 1.807) is 14.1 Å². The Kier molecular flexibility index (Phi) is 5.72. The lowest BCUT2D eigenvalue weighted by Crippen LogP contribution is -2.27. The molecule has 0 aliphatic rings. The summed E-state index contributed by atoms with van der Waals surface area (Å²) in [6.45, 7) is 3.52. The number of benzene rings is 1. The molecule has 110 valence electrons. The van der Waals surface area contributed by atoms with Gasteiger partial charge in [-0.05, 0) is 24.3 Å². The van der Waals surface area contributed by atoms with E-state index in [0.717, 1.165) is 0 Å². The standard InChI is InChI=1S/C13H18N2O4S/c1-4-9-14-20(17,18)12-7-5-11(6-8-12)19-10-13(16)15(2)3/h4-8,14H,1,9-10H2,2-3H3. The molecule has 0 saturated carbocycles. The van der Waals surface area contributed by atoms with Gasteiger partial charge in [-0.25, -0.2) is 13.1 Å². The van der Waals surface area contributed by atoms with Crippen molar-refractivity contribution in [2.75, 3.05) is 27.2 Å². The Labute approximate surface area is 119 Å². The molecule has 0 saturated heterocycles. The van der Waals surface area contributed by atoms with Gasteiger partial charge in [-0.15, -0.1) is 6.58 Å². The number of hydrogen-bond acceptors (Lipinski definition) is 4. The molecule has 1 aromatic rings. The fourth-order valence-electron chi connectivity index (χ4n) is 1.24. The Morgan fingerprint density at radius 3 is 2.45 bits per heavy atom. The molecular formula is C13H18N2O4S. The number of nitrogens with one attached hydrogen (secondary N) is 1. The van der Waals surface area contributed by atoms with Gasteiger partial charge in [0.25, 0.3) is 5.91 Å². The van der Waals surface area contributed by atoms with Crippen LogP contribution < -0.4 is 9.46 Å². The number of ether oxygens (including phenoxy) is 1. The first-order chi connectivity index (χ1) is 9.36. The maximum absolute atomic E-state index is 11.8. The van der Waals surface area contributed by atoms with Crippen molar-refractivity contribution in [2.24, 2.45) is 0 Å². The van der Waals surface area contributed by atoms with Crippen LogP contribution in [0.15, 0.2) is 41.8 Å². The van der Waals surface area contributed by atoms with Crippen LogP contribution >= 0.6 is 0 Å². The first-order valence-electron chi connectivity index (χ1n) is 5.90. The topological polar surface area (TPSA) is 75.7 Å². The van der Waals surface area contributed by atoms with E-state index in [-0.39, 0.29) is 24.0 Å². The highest BCUT2D eigenvalue weighted by Gasteiger charge is 2.12. The van der Waals surface area contributed by atoms with Crippen LogP contribution in [0.25, 0.3) is 0 Å². The number of nitrogens with zero attached hydrogens (tertiary/aromatic N) is 1. The summed E-state index contributed by atoms with van der Waals surface area (Å²) in [6, 6.07) is 5.85. The fraction of sp³-hybridized carbons (Fsp3) is 0.308. The smallest absolute Gasteiger partial charge is 0.259 e. The van der Waals surface area contributed by atoms with Gasteiger partial charge >= 0.3 is 0 Å². The average Bonchev–Trinajstić information content (AvgIpc) is 2.43. The Balaban J connectivity index is 2.69. The van der Waals surface area contributed by atoms with Crippen molar-refractivity contribution in [1.82, 2.24) is 9.62 Å². The molecule has 0 radical (unpaired) electrons. The first-order valence-corrected chi connectivity index (χ1v) is 7.38. The van der Waals surface area contributed by atoms with Crippen LogP contribution in [0.4, 0.5) is 0 Å². The summed E-state index contributed by atoms with van der Waals surface area (Å²) in [4.78, 5) is 12.9. The van der Waals surface area contributed by atoms with Gasteiger partial charge in [0, 0.05) is 20.6 Å². The van der Waals surface area contributed by atoms with Crippen LogP contribution in [0.5, 0.6) is 5.75 Å². The molecule has 1 aromatic carbocycles. The maximum atomic E-state index is 11.8. The van der Waals surface area contributed by atoms with E-state index in [2.05, 4.69) is 11.3 Å². The van der Waals surface area contributed by atoms with Crippen LogP contribution in [0.1, 0.15) is 0 Å². The Bertz CT molecular complexity index is 565. The van der Waals surface area contributed by atoms with Gasteiger partial charge < -0.3 is 9.64 Å². The normalized spacial score (nSPS) is 10.9. The largest absolute Gasteiger partial charge is 0.484 e. The second-order valence-corrected chi connectivity index (χ2v) is 5.96. The summed E-state index contributed by atoms with van der Waals surface area (Å²) in [5, 5.41) is 0. The van der Waals surface area contributed by atoms with E-state index in [1.165, 1.54) is 35.2 Å². The van der Waals surface area contributed by atoms with Crippen LogP contribution in [0.3, 0.4) is 0 Å². The molecule has 0 aliphatic heterocycles. The minimum atomic E-state index is -3.54. The third-order valence-electron chi connectivity index (χ3n) is 2.41. The van der Waals surface area contributed by atoms with E-state index < -0.39 is 10.0 Å². The zero-order chi connectivity index (χ0) is 15.2. The van der Waals surface area contributed by atoms with E-state index >= 15 is 0 Å². The van der Waals surface area contributed by atoms with Gasteiger partial charge in [-0.2, -0.15) is 0 Å². The van der Waals surface area contributed by atoms with E-state index in [0.29, 0.717) is 5.75 Å². The SMILES string of the molecule is C=CCNS(=O)(=O)c1ccc(OCC(=O)N(C)C)cc1. The van der Waals surface area contributed by atoms with Crippen molar-refractivity contribution in [1.29, 1.82) is 0 Å². The molecule has 1 amide bonds. The highest BCUT2D eigenvalue weighted by Crippen LogP contribution is 2.15. The zero-order valence-electron chi connectivity index (χ0n) is 11.5. The molecule has 0 spiro atoms. The quantitative estimate of drug-likeness (QED) is 0.749. The number of likely N-dealkylation sites (N-methyl/N-ethyl adjacent to an activating group) is 1. The number of carbonyl (C=O) groups is 1. The number of sulfonamides is 1. The number of amides is 1. The van der Waals surface area contributed by atoms with Crippen molar-refractivity contribution in [3.8, 4) is 5.75 Å². The highest BCUT2D eigenvalue weighted by molar-refractivity contribution is 7.89. The fourth-order valence-corrected chi connectivity index (χ4v) is 2.24. The van der Waals surface area contributed by atoms with Crippen LogP contribution in [-0.2, 0) is 14.8 Å². The number of rotatable bonds is 7. The first kappa shape index (κ1) is 16.2. The maximum Gasteiger partial charge on any atom is 0.259 e. The lowest BCUT2D eigenvalue weighted by molar-refractivity contribution is -0.130. The number of hydrogen-bond donors (Lipinski definition) is 1. The molecule has 6 nitrogen and oxygen atoms in total. The molecule has 1 N–H and O–H groups in total. The molecule has 0 unspecified atom stereocenters. The molecule has 0 fully saturated rings. The molecule has 0 aliphatic carbocycles. The predicted molar refractivity (Wildman–Crippen MR) is 76.0 cm³/mol. The molecular weight excluding hydrogens is 280 g/mol. The minimum Gasteiger partial charge on any atom is -0.484 e. The highest BCUT2D eigenvalue weighted by atomic mass is 32.2. The Morgan fingerprint density at radius 1 is 1.35 bits per heavy atom. The predicted octanol–water partition coefficient (Wildman–Crippen LogP) is 0.618. The van der Waals surface area contributed by atoms with Crippen molar-refractivity contribution >= 4 is 15.9 Å². The third kappa shape index (κ3) is 4.67. The molecule has 0 atom stereocenters. The van der Waals surface area contributed by atoms with Gasteiger partial charge in [0.2, 0.25) is 10.0 Å². The molecule has 7 heteroatoms. The van der Waals surface area contributed by atoms with E-state index in [9.17, 15) is 13.2 Å². The van der Waals surface area contributed by atoms with Crippen LogP contribution in [0.2, 0.25) is 0 Å². The second kappa shape index (κ2) is 7.06. The lowest BCUT2D eigenvalue weighted by Gasteiger charge is -2.11. The summed E-state index contributed by atoms with van der Waals surface area (Å²) in [5.74, 6) is 0.261. The van der Waals surface area contributed by atoms with Gasteiger partial charge in [0.15, 0.2) is 6.61 Å². The number of carbonyl (C=O) groups excluding carboxylic acids is 1. The Hall–Kier alpha value is -1.86. The Morgan fingerprint density at radius 2 is 1.95 bits per heavy atom. The summed E-state index contributed by atoms with van der Waals surface area (Å²) >= 11 is 0. The molecule has 1 rings (SSSR count).